The number of carbonyl (C=O) groups is 3. The van der Waals surface area contributed by atoms with Gasteiger partial charge < -0.3 is 5.73 Å². The van der Waals surface area contributed by atoms with E-state index in [1.165, 1.54) is 6.07 Å². The highest BCUT2D eigenvalue weighted by atomic mass is 16.2. The maximum absolute atomic E-state index is 12.5. The Hall–Kier alpha value is -4.26. The second kappa shape index (κ2) is 9.09. The van der Waals surface area contributed by atoms with Crippen molar-refractivity contribution in [1.29, 1.82) is 0 Å². The molecular weight excluding hydrogens is 368 g/mol. The van der Waals surface area contributed by atoms with Crippen molar-refractivity contribution in [1.82, 2.24) is 10.6 Å². The van der Waals surface area contributed by atoms with Crippen molar-refractivity contribution >= 4 is 29.4 Å². The monoisotopic (exact) mass is 386 g/mol. The van der Waals surface area contributed by atoms with Gasteiger partial charge in [-0.2, -0.15) is 0 Å². The zero-order valence-electron chi connectivity index (χ0n) is 15.3. The highest BCUT2D eigenvalue weighted by molar-refractivity contribution is 6.13. The van der Waals surface area contributed by atoms with Crippen molar-refractivity contribution in [3.8, 4) is 0 Å². The van der Waals surface area contributed by atoms with Crippen LogP contribution in [0.4, 0.5) is 5.69 Å². The van der Waals surface area contributed by atoms with Gasteiger partial charge in [-0.3, -0.25) is 25.0 Å². The molecule has 0 fully saturated rings. The number of amides is 3. The van der Waals surface area contributed by atoms with Crippen LogP contribution < -0.4 is 16.4 Å². The van der Waals surface area contributed by atoms with Gasteiger partial charge in [0.05, 0.1) is 11.3 Å². The lowest BCUT2D eigenvalue weighted by atomic mass is 10.2. The number of primary amides is 1. The number of aliphatic imine (C=N–C) groups is 1. The average Bonchev–Trinajstić information content (AvgIpc) is 2.75. The Labute approximate surface area is 167 Å². The summed E-state index contributed by atoms with van der Waals surface area (Å²) in [5.41, 5.74) is 6.54. The van der Waals surface area contributed by atoms with Crippen LogP contribution in [0.1, 0.15) is 31.1 Å². The first-order valence-electron chi connectivity index (χ1n) is 8.75. The third-order valence-corrected chi connectivity index (χ3v) is 3.94. The minimum absolute atomic E-state index is 0.124. The smallest absolute Gasteiger partial charge is 0.257 e. The topological polar surface area (TPSA) is 114 Å². The molecule has 7 heteroatoms. The van der Waals surface area contributed by atoms with Gasteiger partial charge in [0.1, 0.15) is 0 Å². The molecule has 29 heavy (non-hydrogen) atoms. The molecule has 0 bridgehead atoms. The molecule has 4 N–H and O–H groups in total. The van der Waals surface area contributed by atoms with Crippen molar-refractivity contribution in [3.63, 3.8) is 0 Å². The van der Waals surface area contributed by atoms with Gasteiger partial charge in [0, 0.05) is 11.1 Å². The molecule has 3 aromatic carbocycles. The zero-order chi connectivity index (χ0) is 20.6. The largest absolute Gasteiger partial charge is 0.366 e. The Morgan fingerprint density at radius 2 is 1.10 bits per heavy atom. The van der Waals surface area contributed by atoms with Crippen LogP contribution in [0.3, 0.4) is 0 Å². The van der Waals surface area contributed by atoms with E-state index in [4.69, 9.17) is 5.73 Å². The highest BCUT2D eigenvalue weighted by Crippen LogP contribution is 2.18. The fourth-order valence-electron chi connectivity index (χ4n) is 2.53. The van der Waals surface area contributed by atoms with Gasteiger partial charge in [-0.15, -0.1) is 0 Å². The molecule has 0 aliphatic heterocycles. The Bertz CT molecular complexity index is 1010. The Kier molecular flexibility index (Phi) is 6.12. The van der Waals surface area contributed by atoms with Crippen LogP contribution in [0.5, 0.6) is 0 Å². The molecule has 144 valence electrons. The van der Waals surface area contributed by atoms with E-state index >= 15 is 0 Å². The van der Waals surface area contributed by atoms with Crippen molar-refractivity contribution in [2.75, 3.05) is 0 Å². The van der Waals surface area contributed by atoms with E-state index in [1.807, 2.05) is 0 Å². The predicted octanol–water partition coefficient (Wildman–Crippen LogP) is 2.63. The number of nitrogens with one attached hydrogen (secondary N) is 2. The maximum atomic E-state index is 12.5. The number of guanidine groups is 1. The minimum atomic E-state index is -0.674. The lowest BCUT2D eigenvalue weighted by Gasteiger charge is -2.12. The Morgan fingerprint density at radius 3 is 1.59 bits per heavy atom. The van der Waals surface area contributed by atoms with Crippen LogP contribution in [0.25, 0.3) is 0 Å². The van der Waals surface area contributed by atoms with E-state index in [1.54, 1.807) is 78.9 Å². The number of rotatable bonds is 4. The summed E-state index contributed by atoms with van der Waals surface area (Å²) in [6.45, 7) is 0. The molecule has 7 nitrogen and oxygen atoms in total. The summed E-state index contributed by atoms with van der Waals surface area (Å²) < 4.78 is 0. The predicted molar refractivity (Wildman–Crippen MR) is 110 cm³/mol. The van der Waals surface area contributed by atoms with Gasteiger partial charge in [0.2, 0.25) is 5.96 Å². The van der Waals surface area contributed by atoms with Gasteiger partial charge in [0.25, 0.3) is 17.7 Å². The molecular formula is C22H18N4O3. The lowest BCUT2D eigenvalue weighted by molar-refractivity contribution is 0.0963. The molecule has 0 atom stereocenters. The number of nitrogens with two attached hydrogens (primary N) is 1. The fourth-order valence-corrected chi connectivity index (χ4v) is 2.53. The number of para-hydroxylation sites is 1. The first-order chi connectivity index (χ1) is 14.0. The summed E-state index contributed by atoms with van der Waals surface area (Å²) in [5.74, 6) is -1.72. The number of nitrogens with zero attached hydrogens (tertiary/aromatic N) is 1. The summed E-state index contributed by atoms with van der Waals surface area (Å²) in [5, 5.41) is 5.15. The third kappa shape index (κ3) is 5.14. The van der Waals surface area contributed by atoms with Gasteiger partial charge in [-0.1, -0.05) is 48.5 Å². The summed E-state index contributed by atoms with van der Waals surface area (Å²) in [4.78, 5) is 41.0. The number of benzene rings is 3. The summed E-state index contributed by atoms with van der Waals surface area (Å²) >= 11 is 0. The lowest BCUT2D eigenvalue weighted by Crippen LogP contribution is -2.43. The van der Waals surface area contributed by atoms with Crippen LogP contribution in [0.15, 0.2) is 89.9 Å². The molecule has 0 radical (unpaired) electrons. The molecule has 0 aliphatic carbocycles. The summed E-state index contributed by atoms with van der Waals surface area (Å²) in [6.07, 6.45) is 0. The molecule has 0 heterocycles. The second-order valence-corrected chi connectivity index (χ2v) is 5.98. The first kappa shape index (κ1) is 19.5. The normalized spacial score (nSPS) is 9.93. The van der Waals surface area contributed by atoms with Crippen LogP contribution in [-0.2, 0) is 0 Å². The summed E-state index contributed by atoms with van der Waals surface area (Å²) in [7, 11) is 0. The molecule has 0 saturated carbocycles. The van der Waals surface area contributed by atoms with Crippen LogP contribution in [0.2, 0.25) is 0 Å². The van der Waals surface area contributed by atoms with E-state index < -0.39 is 17.7 Å². The van der Waals surface area contributed by atoms with Gasteiger partial charge in [0.15, 0.2) is 0 Å². The van der Waals surface area contributed by atoms with E-state index in [-0.39, 0.29) is 17.2 Å². The first-order valence-corrected chi connectivity index (χ1v) is 8.75. The Balaban J connectivity index is 1.94. The van der Waals surface area contributed by atoms with E-state index in [9.17, 15) is 14.4 Å². The standard InChI is InChI=1S/C22H18N4O3/c23-19(27)17-13-7-8-14-18(17)24-22(25-20(28)15-9-3-1-4-10-15)26-21(29)16-11-5-2-6-12-16/h1-14H,(H2,23,27)(H2,24,25,26,28,29). The molecule has 0 saturated heterocycles. The van der Waals surface area contributed by atoms with E-state index in [0.717, 1.165) is 0 Å². The van der Waals surface area contributed by atoms with Crippen molar-refractivity contribution in [2.45, 2.75) is 0 Å². The van der Waals surface area contributed by atoms with E-state index in [2.05, 4.69) is 15.6 Å². The average molecular weight is 386 g/mol. The van der Waals surface area contributed by atoms with Gasteiger partial charge >= 0.3 is 0 Å². The summed E-state index contributed by atoms with van der Waals surface area (Å²) in [6, 6.07) is 23.3. The quantitative estimate of drug-likeness (QED) is 0.473. The van der Waals surface area contributed by atoms with Crippen molar-refractivity contribution < 1.29 is 14.4 Å². The third-order valence-electron chi connectivity index (χ3n) is 3.94. The zero-order valence-corrected chi connectivity index (χ0v) is 15.3. The molecule has 3 amide bonds. The molecule has 0 aliphatic rings. The highest BCUT2D eigenvalue weighted by Gasteiger charge is 2.15. The Morgan fingerprint density at radius 1 is 0.655 bits per heavy atom. The van der Waals surface area contributed by atoms with E-state index in [0.29, 0.717) is 11.1 Å². The SMILES string of the molecule is NC(=O)c1ccccc1N=C(NC(=O)c1ccccc1)NC(=O)c1ccccc1. The molecule has 0 spiro atoms. The van der Waals surface area contributed by atoms with Crippen molar-refractivity contribution in [3.05, 3.63) is 102 Å². The van der Waals surface area contributed by atoms with Gasteiger partial charge in [-0.25, -0.2) is 4.99 Å². The molecule has 0 unspecified atom stereocenters. The van der Waals surface area contributed by atoms with Crippen molar-refractivity contribution in [2.24, 2.45) is 10.7 Å². The minimum Gasteiger partial charge on any atom is -0.366 e. The van der Waals surface area contributed by atoms with Crippen LogP contribution >= 0.6 is 0 Å². The van der Waals surface area contributed by atoms with Crippen LogP contribution in [0, 0.1) is 0 Å². The van der Waals surface area contributed by atoms with Crippen LogP contribution in [-0.4, -0.2) is 23.7 Å². The second-order valence-electron chi connectivity index (χ2n) is 5.98. The number of hydrogen-bond acceptors (Lipinski definition) is 4. The molecule has 3 aromatic rings. The fraction of sp³-hybridized carbons (Fsp3) is 0. The van der Waals surface area contributed by atoms with Gasteiger partial charge in [-0.05, 0) is 36.4 Å². The maximum Gasteiger partial charge on any atom is 0.257 e. The molecule has 3 rings (SSSR count). The number of hydrogen-bond donors (Lipinski definition) is 3. The number of carbonyl (C=O) groups excluding carboxylic acids is 3. The molecule has 0 aromatic heterocycles.